The number of alkyl halides is 3. The van der Waals surface area contributed by atoms with E-state index in [2.05, 4.69) is 15.6 Å². The van der Waals surface area contributed by atoms with Crippen molar-refractivity contribution in [1.29, 1.82) is 0 Å². The van der Waals surface area contributed by atoms with Crippen LogP contribution >= 0.6 is 34.5 Å². The number of aromatic nitrogens is 1. The summed E-state index contributed by atoms with van der Waals surface area (Å²) in [7, 11) is 0. The lowest BCUT2D eigenvalue weighted by molar-refractivity contribution is -0.137. The van der Waals surface area contributed by atoms with Crippen molar-refractivity contribution < 1.29 is 27.6 Å². The van der Waals surface area contributed by atoms with Gasteiger partial charge in [0.05, 0.1) is 28.3 Å². The molecule has 2 aromatic carbocycles. The Morgan fingerprint density at radius 2 is 1.82 bits per heavy atom. The van der Waals surface area contributed by atoms with Gasteiger partial charge in [-0.2, -0.15) is 13.2 Å². The van der Waals surface area contributed by atoms with Crippen LogP contribution in [-0.2, 0) is 28.7 Å². The first-order chi connectivity index (χ1) is 18.3. The summed E-state index contributed by atoms with van der Waals surface area (Å²) < 4.78 is 38.6. The van der Waals surface area contributed by atoms with E-state index in [1.807, 2.05) is 13.8 Å². The van der Waals surface area contributed by atoms with Crippen molar-refractivity contribution in [2.24, 2.45) is 5.92 Å². The van der Waals surface area contributed by atoms with E-state index in [1.54, 1.807) is 11.4 Å². The zero-order valence-corrected chi connectivity index (χ0v) is 23.3. The highest BCUT2D eigenvalue weighted by Gasteiger charge is 2.30. The van der Waals surface area contributed by atoms with E-state index in [4.69, 9.17) is 23.2 Å². The van der Waals surface area contributed by atoms with E-state index < -0.39 is 29.5 Å². The molecule has 0 saturated carbocycles. The summed E-state index contributed by atoms with van der Waals surface area (Å²) in [4.78, 5) is 43.7. The minimum atomic E-state index is -4.47. The number of thiazole rings is 1. The molecule has 0 saturated heterocycles. The van der Waals surface area contributed by atoms with Gasteiger partial charge in [-0.15, -0.1) is 11.3 Å². The zero-order chi connectivity index (χ0) is 28.7. The highest BCUT2D eigenvalue weighted by atomic mass is 35.5. The molecule has 0 radical (unpaired) electrons. The van der Waals surface area contributed by atoms with E-state index >= 15 is 0 Å². The normalized spacial score (nSPS) is 11.4. The average Bonchev–Trinajstić information content (AvgIpc) is 3.27. The Morgan fingerprint density at radius 3 is 2.49 bits per heavy atom. The quantitative estimate of drug-likeness (QED) is 0.296. The Bertz CT molecular complexity index is 1350. The molecule has 0 atom stereocenters. The maximum absolute atomic E-state index is 13.1. The van der Waals surface area contributed by atoms with Crippen LogP contribution in [0, 0.1) is 5.92 Å². The van der Waals surface area contributed by atoms with Crippen LogP contribution in [0.5, 0.6) is 0 Å². The largest absolute Gasteiger partial charge is 0.416 e. The summed E-state index contributed by atoms with van der Waals surface area (Å²) in [6.45, 7) is 3.80. The molecule has 0 aliphatic carbocycles. The number of carbonyl (C=O) groups excluding carboxylic acids is 3. The van der Waals surface area contributed by atoms with E-state index in [0.29, 0.717) is 22.8 Å². The predicted octanol–water partition coefficient (Wildman–Crippen LogP) is 6.06. The average molecular weight is 601 g/mol. The number of hydrogen-bond acceptors (Lipinski definition) is 5. The van der Waals surface area contributed by atoms with Crippen LogP contribution in [0.1, 0.15) is 41.0 Å². The number of rotatable bonds is 10. The predicted molar refractivity (Wildman–Crippen MR) is 145 cm³/mol. The van der Waals surface area contributed by atoms with Crippen molar-refractivity contribution in [3.05, 3.63) is 80.3 Å². The molecule has 0 fully saturated rings. The molecule has 2 N–H and O–H groups in total. The Labute approximate surface area is 237 Å². The molecule has 0 bridgehead atoms. The molecule has 3 amide bonds. The van der Waals surface area contributed by atoms with E-state index in [9.17, 15) is 27.6 Å². The second-order valence-corrected chi connectivity index (χ2v) is 10.7. The Kier molecular flexibility index (Phi) is 10.3. The van der Waals surface area contributed by atoms with Gasteiger partial charge < -0.3 is 15.5 Å². The first-order valence-electron chi connectivity index (χ1n) is 11.7. The summed E-state index contributed by atoms with van der Waals surface area (Å²) in [6.07, 6.45) is -4.60. The molecular weight excluding hydrogens is 576 g/mol. The molecular formula is C26H25Cl2F3N4O3S. The van der Waals surface area contributed by atoms with E-state index in [-0.39, 0.29) is 41.1 Å². The first-order valence-corrected chi connectivity index (χ1v) is 13.4. The van der Waals surface area contributed by atoms with Gasteiger partial charge in [-0.05, 0) is 41.8 Å². The minimum Gasteiger partial charge on any atom is -0.352 e. The first kappa shape index (κ1) is 30.4. The number of nitrogens with one attached hydrogen (secondary N) is 2. The Hall–Kier alpha value is -3.15. The summed E-state index contributed by atoms with van der Waals surface area (Å²) in [5, 5.41) is 7.58. The molecule has 3 aromatic rings. The molecule has 13 heteroatoms. The van der Waals surface area contributed by atoms with Gasteiger partial charge in [0.1, 0.15) is 6.54 Å². The van der Waals surface area contributed by atoms with Crippen molar-refractivity contribution in [1.82, 2.24) is 15.2 Å². The van der Waals surface area contributed by atoms with Crippen LogP contribution in [0.2, 0.25) is 10.0 Å². The van der Waals surface area contributed by atoms with Crippen molar-refractivity contribution >= 4 is 57.4 Å². The number of amides is 3. The molecule has 0 unspecified atom stereocenters. The third-order valence-corrected chi connectivity index (χ3v) is 6.61. The van der Waals surface area contributed by atoms with Crippen LogP contribution in [0.25, 0.3) is 0 Å². The molecule has 0 spiro atoms. The maximum atomic E-state index is 13.1. The maximum Gasteiger partial charge on any atom is 0.416 e. The lowest BCUT2D eigenvalue weighted by atomic mass is 10.1. The Morgan fingerprint density at radius 1 is 1.08 bits per heavy atom. The second-order valence-electron chi connectivity index (χ2n) is 9.05. The van der Waals surface area contributed by atoms with Crippen molar-refractivity contribution in [3.8, 4) is 0 Å². The fraction of sp³-hybridized carbons (Fsp3) is 0.308. The standard InChI is InChI=1S/C26H25Cl2F3N4O3S/c1-15(2)12-35(24(38)20-7-6-18(27)9-21(20)28)13-23(37)34-25-33-19(14-39-25)10-22(36)32-11-16-4-3-5-17(8-16)26(29,30)31/h3-9,14-15H,10-13H2,1-2H3,(H,32,36)(H,33,34,37). The minimum absolute atomic E-state index is 0.0756. The highest BCUT2D eigenvalue weighted by Crippen LogP contribution is 2.29. The van der Waals surface area contributed by atoms with Crippen LogP contribution < -0.4 is 10.6 Å². The van der Waals surface area contributed by atoms with Gasteiger partial charge in [-0.3, -0.25) is 14.4 Å². The van der Waals surface area contributed by atoms with Gasteiger partial charge in [-0.1, -0.05) is 49.2 Å². The van der Waals surface area contributed by atoms with Gasteiger partial charge in [0.15, 0.2) is 5.13 Å². The fourth-order valence-electron chi connectivity index (χ4n) is 3.56. The number of carbonyl (C=O) groups is 3. The SMILES string of the molecule is CC(C)CN(CC(=O)Nc1nc(CC(=O)NCc2cccc(C(F)(F)F)c2)cs1)C(=O)c1ccc(Cl)cc1Cl. The smallest absolute Gasteiger partial charge is 0.352 e. The van der Waals surface area contributed by atoms with Crippen LogP contribution in [0.4, 0.5) is 18.3 Å². The molecule has 208 valence electrons. The van der Waals surface area contributed by atoms with Gasteiger partial charge in [0.25, 0.3) is 5.91 Å². The monoisotopic (exact) mass is 600 g/mol. The summed E-state index contributed by atoms with van der Waals surface area (Å²) in [5.41, 5.74) is 0.117. The number of nitrogens with zero attached hydrogens (tertiary/aromatic N) is 2. The third kappa shape index (κ3) is 9.22. The van der Waals surface area contributed by atoms with Crippen LogP contribution in [-0.4, -0.2) is 40.7 Å². The van der Waals surface area contributed by atoms with E-state index in [1.165, 1.54) is 29.2 Å². The molecule has 7 nitrogen and oxygen atoms in total. The summed E-state index contributed by atoms with van der Waals surface area (Å²) >= 11 is 13.2. The second kappa shape index (κ2) is 13.3. The van der Waals surface area contributed by atoms with Gasteiger partial charge in [0, 0.05) is 23.5 Å². The van der Waals surface area contributed by atoms with Crippen molar-refractivity contribution in [3.63, 3.8) is 0 Å². The van der Waals surface area contributed by atoms with Gasteiger partial charge >= 0.3 is 6.18 Å². The van der Waals surface area contributed by atoms with Crippen molar-refractivity contribution in [2.45, 2.75) is 33.0 Å². The van der Waals surface area contributed by atoms with Crippen LogP contribution in [0.3, 0.4) is 0 Å². The topological polar surface area (TPSA) is 91.4 Å². The summed E-state index contributed by atoms with van der Waals surface area (Å²) in [6, 6.07) is 9.20. The molecule has 0 aliphatic heterocycles. The number of hydrogen-bond donors (Lipinski definition) is 2. The molecule has 39 heavy (non-hydrogen) atoms. The van der Waals surface area contributed by atoms with Gasteiger partial charge in [-0.25, -0.2) is 4.98 Å². The molecule has 1 heterocycles. The number of halogens is 5. The lowest BCUT2D eigenvalue weighted by Crippen LogP contribution is -2.40. The molecule has 1 aromatic heterocycles. The van der Waals surface area contributed by atoms with Crippen LogP contribution in [0.15, 0.2) is 47.8 Å². The zero-order valence-electron chi connectivity index (χ0n) is 20.9. The van der Waals surface area contributed by atoms with E-state index in [0.717, 1.165) is 23.5 Å². The number of anilines is 1. The Balaban J connectivity index is 1.56. The highest BCUT2D eigenvalue weighted by molar-refractivity contribution is 7.13. The summed E-state index contributed by atoms with van der Waals surface area (Å²) in [5.74, 6) is -1.26. The fourth-order valence-corrected chi connectivity index (χ4v) is 4.77. The molecule has 0 aliphatic rings. The molecule has 3 rings (SSSR count). The third-order valence-electron chi connectivity index (χ3n) is 5.25. The van der Waals surface area contributed by atoms with Crippen molar-refractivity contribution in [2.75, 3.05) is 18.4 Å². The van der Waals surface area contributed by atoms with Gasteiger partial charge in [0.2, 0.25) is 11.8 Å². The number of benzene rings is 2. The lowest BCUT2D eigenvalue weighted by Gasteiger charge is -2.24.